The van der Waals surface area contributed by atoms with Crippen molar-refractivity contribution in [3.8, 4) is 0 Å². The highest BCUT2D eigenvalue weighted by molar-refractivity contribution is 5.86. The predicted molar refractivity (Wildman–Crippen MR) is 77.2 cm³/mol. The van der Waals surface area contributed by atoms with Crippen LogP contribution in [0.4, 0.5) is 5.69 Å². The van der Waals surface area contributed by atoms with Gasteiger partial charge in [-0.05, 0) is 29.8 Å². The Bertz CT molecular complexity index is 707. The monoisotopic (exact) mass is 248 g/mol. The molecule has 0 spiro atoms. The van der Waals surface area contributed by atoms with E-state index in [0.717, 1.165) is 22.3 Å². The number of hydrogen-bond acceptors (Lipinski definition) is 4. The second-order valence-corrected chi connectivity index (χ2v) is 4.04. The number of nitrogens with one attached hydrogen (secondary N) is 1. The van der Waals surface area contributed by atoms with Crippen molar-refractivity contribution >= 4 is 22.9 Å². The largest absolute Gasteiger partial charge is 0.279 e. The van der Waals surface area contributed by atoms with E-state index in [-0.39, 0.29) is 0 Å². The van der Waals surface area contributed by atoms with E-state index in [2.05, 4.69) is 20.5 Å². The summed E-state index contributed by atoms with van der Waals surface area (Å²) < 4.78 is 0. The lowest BCUT2D eigenvalue weighted by atomic mass is 10.2. The topological polar surface area (TPSA) is 50.2 Å². The molecule has 3 rings (SSSR count). The number of anilines is 1. The number of nitrogens with zero attached hydrogens (tertiary/aromatic N) is 3. The highest BCUT2D eigenvalue weighted by Crippen LogP contribution is 2.09. The molecular formula is C15H12N4. The molecule has 4 nitrogen and oxygen atoms in total. The molecule has 0 bridgehead atoms. The van der Waals surface area contributed by atoms with Crippen molar-refractivity contribution < 1.29 is 0 Å². The third-order valence-electron chi connectivity index (χ3n) is 2.67. The van der Waals surface area contributed by atoms with Gasteiger partial charge in [-0.25, -0.2) is 0 Å². The van der Waals surface area contributed by atoms with E-state index in [0.29, 0.717) is 0 Å². The Kier molecular flexibility index (Phi) is 3.14. The van der Waals surface area contributed by atoms with Crippen molar-refractivity contribution in [3.63, 3.8) is 0 Å². The van der Waals surface area contributed by atoms with Crippen LogP contribution in [0.3, 0.4) is 0 Å². The summed E-state index contributed by atoms with van der Waals surface area (Å²) in [5.74, 6) is 0. The highest BCUT2D eigenvalue weighted by atomic mass is 15.3. The molecule has 1 N–H and O–H groups in total. The maximum Gasteiger partial charge on any atom is 0.0893 e. The molecular weight excluding hydrogens is 236 g/mol. The molecule has 3 aromatic rings. The lowest BCUT2D eigenvalue weighted by Crippen LogP contribution is -1.91. The van der Waals surface area contributed by atoms with Crippen molar-refractivity contribution in [1.82, 2.24) is 9.97 Å². The SMILES string of the molecule is C(=NNc1ccccc1)c1ccc2nccnc2c1. The first-order valence-corrected chi connectivity index (χ1v) is 5.97. The van der Waals surface area contributed by atoms with E-state index < -0.39 is 0 Å². The molecule has 0 saturated heterocycles. The zero-order chi connectivity index (χ0) is 12.9. The lowest BCUT2D eigenvalue weighted by molar-refractivity contribution is 1.29. The Morgan fingerprint density at radius 1 is 0.895 bits per heavy atom. The van der Waals surface area contributed by atoms with E-state index in [1.54, 1.807) is 18.6 Å². The van der Waals surface area contributed by atoms with Gasteiger partial charge in [0.25, 0.3) is 0 Å². The first kappa shape index (κ1) is 11.3. The summed E-state index contributed by atoms with van der Waals surface area (Å²) >= 11 is 0. The minimum absolute atomic E-state index is 0.867. The zero-order valence-electron chi connectivity index (χ0n) is 10.2. The summed E-state index contributed by atoms with van der Waals surface area (Å²) in [6.07, 6.45) is 5.14. The maximum atomic E-state index is 4.26. The van der Waals surface area contributed by atoms with Gasteiger partial charge in [-0.2, -0.15) is 5.10 Å². The van der Waals surface area contributed by atoms with Gasteiger partial charge in [-0.15, -0.1) is 0 Å². The fourth-order valence-corrected chi connectivity index (χ4v) is 1.75. The summed E-state index contributed by atoms with van der Waals surface area (Å²) in [4.78, 5) is 8.49. The normalized spacial score (nSPS) is 10.9. The Hall–Kier alpha value is -2.75. The molecule has 0 unspecified atom stereocenters. The van der Waals surface area contributed by atoms with Crippen LogP contribution in [0.25, 0.3) is 11.0 Å². The molecule has 1 heterocycles. The smallest absolute Gasteiger partial charge is 0.0893 e. The van der Waals surface area contributed by atoms with Gasteiger partial charge in [-0.1, -0.05) is 24.3 Å². The fraction of sp³-hybridized carbons (Fsp3) is 0. The average molecular weight is 248 g/mol. The van der Waals surface area contributed by atoms with E-state index >= 15 is 0 Å². The van der Waals surface area contributed by atoms with E-state index in [1.165, 1.54) is 0 Å². The van der Waals surface area contributed by atoms with Crippen LogP contribution in [0.5, 0.6) is 0 Å². The van der Waals surface area contributed by atoms with Crippen molar-refractivity contribution in [3.05, 3.63) is 66.5 Å². The summed E-state index contributed by atoms with van der Waals surface area (Å²) in [5, 5.41) is 4.20. The molecule has 19 heavy (non-hydrogen) atoms. The standard InChI is InChI=1S/C15H12N4/c1-2-4-13(5-3-1)19-18-11-12-6-7-14-15(10-12)17-9-8-16-14/h1-11,19H. The number of aromatic nitrogens is 2. The third-order valence-corrected chi connectivity index (χ3v) is 2.67. The minimum atomic E-state index is 0.867. The molecule has 0 aliphatic rings. The first-order chi connectivity index (χ1) is 9.42. The molecule has 0 aliphatic heterocycles. The molecule has 0 radical (unpaired) electrons. The predicted octanol–water partition coefficient (Wildman–Crippen LogP) is 3.08. The number of fused-ring (bicyclic) bond motifs is 1. The van der Waals surface area contributed by atoms with E-state index in [4.69, 9.17) is 0 Å². The minimum Gasteiger partial charge on any atom is -0.279 e. The number of para-hydroxylation sites is 1. The van der Waals surface area contributed by atoms with Crippen LogP contribution >= 0.6 is 0 Å². The van der Waals surface area contributed by atoms with Gasteiger partial charge in [0, 0.05) is 12.4 Å². The van der Waals surface area contributed by atoms with Crippen LogP contribution in [-0.2, 0) is 0 Å². The Morgan fingerprint density at radius 3 is 2.53 bits per heavy atom. The van der Waals surface area contributed by atoms with Crippen molar-refractivity contribution in [2.45, 2.75) is 0 Å². The Balaban J connectivity index is 1.78. The number of rotatable bonds is 3. The number of benzene rings is 2. The van der Waals surface area contributed by atoms with Gasteiger partial charge in [-0.3, -0.25) is 15.4 Å². The van der Waals surface area contributed by atoms with Gasteiger partial charge >= 0.3 is 0 Å². The van der Waals surface area contributed by atoms with Crippen molar-refractivity contribution in [2.75, 3.05) is 5.43 Å². The fourth-order valence-electron chi connectivity index (χ4n) is 1.75. The molecule has 1 aromatic heterocycles. The van der Waals surface area contributed by atoms with Crippen molar-refractivity contribution in [2.24, 2.45) is 5.10 Å². The summed E-state index contributed by atoms with van der Waals surface area (Å²) in [5.41, 5.74) is 6.67. The lowest BCUT2D eigenvalue weighted by Gasteiger charge is -1.99. The Morgan fingerprint density at radius 2 is 1.68 bits per heavy atom. The molecule has 0 fully saturated rings. The van der Waals surface area contributed by atoms with Crippen LogP contribution in [0.2, 0.25) is 0 Å². The molecule has 2 aromatic carbocycles. The van der Waals surface area contributed by atoms with Crippen LogP contribution in [0.15, 0.2) is 66.0 Å². The number of hydrazone groups is 1. The van der Waals surface area contributed by atoms with Gasteiger partial charge < -0.3 is 0 Å². The second-order valence-electron chi connectivity index (χ2n) is 4.04. The quantitative estimate of drug-likeness (QED) is 0.572. The Labute approximate surface area is 110 Å². The van der Waals surface area contributed by atoms with Gasteiger partial charge in [0.2, 0.25) is 0 Å². The van der Waals surface area contributed by atoms with Gasteiger partial charge in [0.1, 0.15) is 0 Å². The third kappa shape index (κ3) is 2.74. The molecule has 92 valence electrons. The molecule has 4 heteroatoms. The molecule has 0 aliphatic carbocycles. The van der Waals surface area contributed by atoms with Crippen molar-refractivity contribution in [1.29, 1.82) is 0 Å². The average Bonchev–Trinajstić information content (AvgIpc) is 2.48. The summed E-state index contributed by atoms with van der Waals surface area (Å²) in [6, 6.07) is 15.7. The second kappa shape index (κ2) is 5.27. The number of hydrogen-bond donors (Lipinski definition) is 1. The van der Waals surface area contributed by atoms with Crippen LogP contribution in [0.1, 0.15) is 5.56 Å². The van der Waals surface area contributed by atoms with E-state index in [1.807, 2.05) is 48.5 Å². The maximum absolute atomic E-state index is 4.26. The molecule has 0 atom stereocenters. The van der Waals surface area contributed by atoms with E-state index in [9.17, 15) is 0 Å². The summed E-state index contributed by atoms with van der Waals surface area (Å²) in [7, 11) is 0. The van der Waals surface area contributed by atoms with Gasteiger partial charge in [0.15, 0.2) is 0 Å². The zero-order valence-corrected chi connectivity index (χ0v) is 10.2. The summed E-state index contributed by atoms with van der Waals surface area (Å²) in [6.45, 7) is 0. The molecule has 0 amide bonds. The van der Waals surface area contributed by atoms with Gasteiger partial charge in [0.05, 0.1) is 22.9 Å². The molecule has 0 saturated carbocycles. The first-order valence-electron chi connectivity index (χ1n) is 5.97. The highest BCUT2D eigenvalue weighted by Gasteiger charge is 1.95. The van der Waals surface area contributed by atoms with Crippen LogP contribution < -0.4 is 5.43 Å². The van der Waals surface area contributed by atoms with Crippen LogP contribution in [0, 0.1) is 0 Å². The van der Waals surface area contributed by atoms with Crippen LogP contribution in [-0.4, -0.2) is 16.2 Å².